The second-order valence-electron chi connectivity index (χ2n) is 5.83. The number of fused-ring (bicyclic) bond motifs is 1. The molecule has 106 valence electrons. The van der Waals surface area contributed by atoms with E-state index < -0.39 is 0 Å². The van der Waals surface area contributed by atoms with Crippen molar-refractivity contribution in [2.24, 2.45) is 5.92 Å². The van der Waals surface area contributed by atoms with Crippen LogP contribution in [0.3, 0.4) is 0 Å². The molecule has 2 unspecified atom stereocenters. The Balaban J connectivity index is 1.84. The summed E-state index contributed by atoms with van der Waals surface area (Å²) in [6.07, 6.45) is 3.83. The van der Waals surface area contributed by atoms with Gasteiger partial charge in [-0.05, 0) is 31.4 Å². The van der Waals surface area contributed by atoms with Crippen LogP contribution in [0, 0.1) is 12.8 Å². The summed E-state index contributed by atoms with van der Waals surface area (Å²) in [7, 11) is 0. The summed E-state index contributed by atoms with van der Waals surface area (Å²) in [6.45, 7) is 9.93. The van der Waals surface area contributed by atoms with Gasteiger partial charge in [-0.2, -0.15) is 0 Å². The number of ether oxygens (including phenoxy) is 1. The fourth-order valence-corrected chi connectivity index (χ4v) is 3.04. The topological polar surface area (TPSA) is 21.3 Å². The predicted octanol–water partition coefficient (Wildman–Crippen LogP) is 3.71. The lowest BCUT2D eigenvalue weighted by atomic mass is 9.95. The molecule has 0 aliphatic carbocycles. The van der Waals surface area contributed by atoms with E-state index in [1.54, 1.807) is 0 Å². The third-order valence-electron chi connectivity index (χ3n) is 4.38. The molecular formula is C17H27NO. The standard InChI is InChI=1S/C17H27NO/c1-5-14(6-2)13(4)18-11-16-10-15-9-12(3)7-8-17(15)19-16/h7-9,13-14,16,18H,5-6,10-11H2,1-4H3. The highest BCUT2D eigenvalue weighted by molar-refractivity contribution is 5.40. The molecule has 2 nitrogen and oxygen atoms in total. The first-order valence-electron chi connectivity index (χ1n) is 7.63. The van der Waals surface area contributed by atoms with Crippen LogP contribution in [0.15, 0.2) is 18.2 Å². The van der Waals surface area contributed by atoms with Crippen molar-refractivity contribution in [1.82, 2.24) is 5.32 Å². The summed E-state index contributed by atoms with van der Waals surface area (Å²) in [6, 6.07) is 7.06. The molecule has 1 aromatic rings. The Morgan fingerprint density at radius 3 is 2.74 bits per heavy atom. The van der Waals surface area contributed by atoms with Crippen LogP contribution in [0.5, 0.6) is 5.75 Å². The molecule has 19 heavy (non-hydrogen) atoms. The van der Waals surface area contributed by atoms with Crippen molar-refractivity contribution >= 4 is 0 Å². The third-order valence-corrected chi connectivity index (χ3v) is 4.38. The Morgan fingerprint density at radius 1 is 1.32 bits per heavy atom. The van der Waals surface area contributed by atoms with Gasteiger partial charge in [-0.3, -0.25) is 0 Å². The SMILES string of the molecule is CCC(CC)C(C)NCC1Cc2cc(C)ccc2O1. The summed E-state index contributed by atoms with van der Waals surface area (Å²) in [5.74, 6) is 1.85. The van der Waals surface area contributed by atoms with Crippen LogP contribution in [0.2, 0.25) is 0 Å². The Labute approximate surface area is 117 Å². The molecule has 0 amide bonds. The first kappa shape index (κ1) is 14.4. The smallest absolute Gasteiger partial charge is 0.123 e. The summed E-state index contributed by atoms with van der Waals surface area (Å²) in [4.78, 5) is 0. The normalized spacial score (nSPS) is 19.3. The number of benzene rings is 1. The van der Waals surface area contributed by atoms with Gasteiger partial charge in [-0.15, -0.1) is 0 Å². The molecule has 0 saturated heterocycles. The van der Waals surface area contributed by atoms with Crippen molar-refractivity contribution in [1.29, 1.82) is 0 Å². The first-order valence-corrected chi connectivity index (χ1v) is 7.63. The van der Waals surface area contributed by atoms with Crippen molar-refractivity contribution in [3.05, 3.63) is 29.3 Å². The Morgan fingerprint density at radius 2 is 2.05 bits per heavy atom. The van der Waals surface area contributed by atoms with E-state index in [-0.39, 0.29) is 0 Å². The van der Waals surface area contributed by atoms with E-state index in [0.29, 0.717) is 12.1 Å². The van der Waals surface area contributed by atoms with E-state index in [4.69, 9.17) is 4.74 Å². The van der Waals surface area contributed by atoms with Crippen LogP contribution in [0.4, 0.5) is 0 Å². The highest BCUT2D eigenvalue weighted by atomic mass is 16.5. The molecule has 2 heteroatoms. The highest BCUT2D eigenvalue weighted by Gasteiger charge is 2.23. The van der Waals surface area contributed by atoms with Gasteiger partial charge in [0.05, 0.1) is 0 Å². The maximum Gasteiger partial charge on any atom is 0.123 e. The average Bonchev–Trinajstić information content (AvgIpc) is 2.79. The highest BCUT2D eigenvalue weighted by Crippen LogP contribution is 2.29. The van der Waals surface area contributed by atoms with E-state index in [0.717, 1.165) is 24.6 Å². The van der Waals surface area contributed by atoms with E-state index in [1.807, 2.05) is 0 Å². The van der Waals surface area contributed by atoms with Crippen molar-refractivity contribution in [2.75, 3.05) is 6.54 Å². The average molecular weight is 261 g/mol. The molecule has 1 N–H and O–H groups in total. The maximum absolute atomic E-state index is 6.00. The minimum Gasteiger partial charge on any atom is -0.488 e. The molecule has 0 aromatic heterocycles. The van der Waals surface area contributed by atoms with Crippen molar-refractivity contribution < 1.29 is 4.74 Å². The van der Waals surface area contributed by atoms with Crippen LogP contribution in [-0.2, 0) is 6.42 Å². The molecule has 1 aromatic carbocycles. The summed E-state index contributed by atoms with van der Waals surface area (Å²) >= 11 is 0. The second-order valence-corrected chi connectivity index (χ2v) is 5.83. The molecule has 0 radical (unpaired) electrons. The molecule has 2 atom stereocenters. The Kier molecular flexibility index (Phi) is 4.87. The van der Waals surface area contributed by atoms with Crippen LogP contribution in [0.25, 0.3) is 0 Å². The number of aryl methyl sites for hydroxylation is 1. The molecular weight excluding hydrogens is 234 g/mol. The first-order chi connectivity index (χ1) is 9.13. The van der Waals surface area contributed by atoms with Gasteiger partial charge in [0.15, 0.2) is 0 Å². The van der Waals surface area contributed by atoms with E-state index in [1.165, 1.54) is 24.0 Å². The summed E-state index contributed by atoms with van der Waals surface area (Å²) in [5.41, 5.74) is 2.68. The van der Waals surface area contributed by atoms with E-state index in [2.05, 4.69) is 51.2 Å². The number of nitrogens with one attached hydrogen (secondary N) is 1. The van der Waals surface area contributed by atoms with Crippen molar-refractivity contribution in [3.63, 3.8) is 0 Å². The van der Waals surface area contributed by atoms with E-state index in [9.17, 15) is 0 Å². The quantitative estimate of drug-likeness (QED) is 0.843. The van der Waals surface area contributed by atoms with Crippen molar-refractivity contribution in [3.8, 4) is 5.75 Å². The third kappa shape index (κ3) is 3.50. The summed E-state index contributed by atoms with van der Waals surface area (Å²) < 4.78 is 6.00. The molecule has 0 bridgehead atoms. The summed E-state index contributed by atoms with van der Waals surface area (Å²) in [5, 5.41) is 3.65. The molecule has 0 fully saturated rings. The minimum atomic E-state index is 0.300. The predicted molar refractivity (Wildman–Crippen MR) is 80.8 cm³/mol. The molecule has 1 aliphatic heterocycles. The zero-order valence-electron chi connectivity index (χ0n) is 12.7. The van der Waals surface area contributed by atoms with Gasteiger partial charge in [0.1, 0.15) is 11.9 Å². The Hall–Kier alpha value is -1.02. The van der Waals surface area contributed by atoms with Crippen LogP contribution in [-0.4, -0.2) is 18.7 Å². The number of rotatable bonds is 6. The minimum absolute atomic E-state index is 0.300. The molecule has 0 spiro atoms. The lowest BCUT2D eigenvalue weighted by molar-refractivity contribution is 0.212. The van der Waals surface area contributed by atoms with E-state index >= 15 is 0 Å². The van der Waals surface area contributed by atoms with Crippen LogP contribution < -0.4 is 10.1 Å². The molecule has 1 aliphatic rings. The second kappa shape index (κ2) is 6.42. The molecule has 1 heterocycles. The van der Waals surface area contributed by atoms with Crippen LogP contribution in [0.1, 0.15) is 44.7 Å². The molecule has 0 saturated carbocycles. The largest absolute Gasteiger partial charge is 0.488 e. The van der Waals surface area contributed by atoms with Gasteiger partial charge in [-0.1, -0.05) is 44.4 Å². The van der Waals surface area contributed by atoms with Gasteiger partial charge in [0.25, 0.3) is 0 Å². The molecule has 2 rings (SSSR count). The van der Waals surface area contributed by atoms with Gasteiger partial charge >= 0.3 is 0 Å². The monoisotopic (exact) mass is 261 g/mol. The Bertz CT molecular complexity index is 412. The van der Waals surface area contributed by atoms with Crippen LogP contribution >= 0.6 is 0 Å². The fourth-order valence-electron chi connectivity index (χ4n) is 3.04. The maximum atomic E-state index is 6.00. The zero-order valence-corrected chi connectivity index (χ0v) is 12.7. The van der Waals surface area contributed by atoms with Crippen molar-refractivity contribution in [2.45, 2.75) is 59.1 Å². The van der Waals surface area contributed by atoms with Gasteiger partial charge in [0, 0.05) is 19.0 Å². The van der Waals surface area contributed by atoms with Gasteiger partial charge < -0.3 is 10.1 Å². The number of hydrogen-bond acceptors (Lipinski definition) is 2. The lowest BCUT2D eigenvalue weighted by Gasteiger charge is -2.24. The van der Waals surface area contributed by atoms with Gasteiger partial charge in [0.2, 0.25) is 0 Å². The zero-order chi connectivity index (χ0) is 13.8. The number of hydrogen-bond donors (Lipinski definition) is 1. The fraction of sp³-hybridized carbons (Fsp3) is 0.647. The lowest BCUT2D eigenvalue weighted by Crippen LogP contribution is -2.39. The van der Waals surface area contributed by atoms with Gasteiger partial charge in [-0.25, -0.2) is 0 Å².